The second-order valence-corrected chi connectivity index (χ2v) is 4.19. The number of carboxylic acids is 1. The van der Waals surface area contributed by atoms with Crippen LogP contribution in [0.4, 0.5) is 4.79 Å². The van der Waals surface area contributed by atoms with Gasteiger partial charge in [-0.3, -0.25) is 19.8 Å². The third-order valence-corrected chi connectivity index (χ3v) is 2.39. The standard InChI is InChI=1S/C11H21N3O4/c1-8(2)14(6-4-5-10(16)17)7-9(15)13-11(18)12-3/h8H,4-7H2,1-3H3,(H,16,17)(H2,12,13,15,18). The van der Waals surface area contributed by atoms with Crippen LogP contribution in [0.5, 0.6) is 0 Å². The lowest BCUT2D eigenvalue weighted by Crippen LogP contribution is -2.45. The van der Waals surface area contributed by atoms with Gasteiger partial charge in [0.1, 0.15) is 0 Å². The molecule has 0 radical (unpaired) electrons. The summed E-state index contributed by atoms with van der Waals surface area (Å²) in [6.07, 6.45) is 0.543. The lowest BCUT2D eigenvalue weighted by Gasteiger charge is -2.25. The first kappa shape index (κ1) is 16.4. The third-order valence-electron chi connectivity index (χ3n) is 2.39. The van der Waals surface area contributed by atoms with Crippen LogP contribution in [0.2, 0.25) is 0 Å². The normalized spacial score (nSPS) is 10.5. The minimum atomic E-state index is -0.853. The summed E-state index contributed by atoms with van der Waals surface area (Å²) in [5.74, 6) is -1.26. The maximum Gasteiger partial charge on any atom is 0.321 e. The zero-order valence-corrected chi connectivity index (χ0v) is 11.0. The molecule has 104 valence electrons. The number of carbonyl (C=O) groups is 3. The topological polar surface area (TPSA) is 98.7 Å². The zero-order chi connectivity index (χ0) is 14.1. The van der Waals surface area contributed by atoms with Crippen LogP contribution >= 0.6 is 0 Å². The maximum atomic E-state index is 11.5. The maximum absolute atomic E-state index is 11.5. The largest absolute Gasteiger partial charge is 0.481 e. The van der Waals surface area contributed by atoms with E-state index in [4.69, 9.17) is 5.11 Å². The van der Waals surface area contributed by atoms with Crippen LogP contribution in [-0.4, -0.2) is 54.1 Å². The van der Waals surface area contributed by atoms with Crippen LogP contribution in [0.1, 0.15) is 26.7 Å². The van der Waals surface area contributed by atoms with Crippen LogP contribution < -0.4 is 10.6 Å². The highest BCUT2D eigenvalue weighted by molar-refractivity contribution is 5.95. The van der Waals surface area contributed by atoms with Gasteiger partial charge in [-0.25, -0.2) is 4.79 Å². The van der Waals surface area contributed by atoms with Gasteiger partial charge in [0.15, 0.2) is 0 Å². The number of amides is 3. The van der Waals surface area contributed by atoms with Gasteiger partial charge in [0.2, 0.25) is 5.91 Å². The summed E-state index contributed by atoms with van der Waals surface area (Å²) >= 11 is 0. The molecule has 0 aliphatic carbocycles. The van der Waals surface area contributed by atoms with Crippen LogP contribution in [0, 0.1) is 0 Å². The lowest BCUT2D eigenvalue weighted by molar-refractivity contribution is -0.137. The molecule has 0 bridgehead atoms. The summed E-state index contributed by atoms with van der Waals surface area (Å²) in [6, 6.07) is -0.441. The number of hydrogen-bond donors (Lipinski definition) is 3. The zero-order valence-electron chi connectivity index (χ0n) is 11.0. The first-order valence-electron chi connectivity index (χ1n) is 5.84. The molecule has 0 unspecified atom stereocenters. The van der Waals surface area contributed by atoms with Crippen molar-refractivity contribution < 1.29 is 19.5 Å². The van der Waals surface area contributed by atoms with Crippen molar-refractivity contribution in [2.75, 3.05) is 20.1 Å². The van der Waals surface area contributed by atoms with Gasteiger partial charge in [0.25, 0.3) is 0 Å². The smallest absolute Gasteiger partial charge is 0.321 e. The van der Waals surface area contributed by atoms with Crippen LogP contribution in [0.3, 0.4) is 0 Å². The van der Waals surface area contributed by atoms with E-state index >= 15 is 0 Å². The van der Waals surface area contributed by atoms with Gasteiger partial charge < -0.3 is 10.4 Å². The molecular weight excluding hydrogens is 238 g/mol. The summed E-state index contributed by atoms with van der Waals surface area (Å²) in [5.41, 5.74) is 0. The van der Waals surface area contributed by atoms with Gasteiger partial charge in [-0.05, 0) is 26.8 Å². The van der Waals surface area contributed by atoms with Gasteiger partial charge in [-0.1, -0.05) is 0 Å². The van der Waals surface area contributed by atoms with Crippen molar-refractivity contribution in [3.8, 4) is 0 Å². The van der Waals surface area contributed by atoms with Crippen molar-refractivity contribution in [2.45, 2.75) is 32.7 Å². The number of nitrogens with one attached hydrogen (secondary N) is 2. The number of aliphatic carboxylic acids is 1. The number of nitrogens with zero attached hydrogens (tertiary/aromatic N) is 1. The Morgan fingerprint density at radius 1 is 1.28 bits per heavy atom. The van der Waals surface area contributed by atoms with Gasteiger partial charge in [-0.15, -0.1) is 0 Å². The molecule has 0 rings (SSSR count). The highest BCUT2D eigenvalue weighted by Gasteiger charge is 2.15. The molecule has 3 amide bonds. The number of urea groups is 1. The first-order valence-corrected chi connectivity index (χ1v) is 5.84. The second kappa shape index (κ2) is 8.46. The Morgan fingerprint density at radius 3 is 2.33 bits per heavy atom. The molecule has 0 atom stereocenters. The number of hydrogen-bond acceptors (Lipinski definition) is 4. The van der Waals surface area contributed by atoms with Gasteiger partial charge in [-0.2, -0.15) is 0 Å². The molecule has 18 heavy (non-hydrogen) atoms. The Bertz CT molecular complexity index is 305. The van der Waals surface area contributed by atoms with Crippen molar-refractivity contribution >= 4 is 17.9 Å². The molecule has 0 aromatic heterocycles. The van der Waals surface area contributed by atoms with Crippen molar-refractivity contribution in [2.24, 2.45) is 0 Å². The summed E-state index contributed by atoms with van der Waals surface area (Å²) in [5, 5.41) is 13.0. The highest BCUT2D eigenvalue weighted by Crippen LogP contribution is 2.01. The highest BCUT2D eigenvalue weighted by atomic mass is 16.4. The van der Waals surface area contributed by atoms with Crippen molar-refractivity contribution in [1.82, 2.24) is 15.5 Å². The Labute approximate surface area is 107 Å². The van der Waals surface area contributed by atoms with E-state index in [1.54, 1.807) is 0 Å². The minimum absolute atomic E-state index is 0.0697. The average Bonchev–Trinajstić information content (AvgIpc) is 2.26. The van der Waals surface area contributed by atoms with E-state index in [2.05, 4.69) is 10.6 Å². The summed E-state index contributed by atoms with van der Waals surface area (Å²) in [4.78, 5) is 34.7. The fraction of sp³-hybridized carbons (Fsp3) is 0.727. The van der Waals surface area contributed by atoms with E-state index in [0.29, 0.717) is 13.0 Å². The Balaban J connectivity index is 4.14. The molecule has 0 fully saturated rings. The fourth-order valence-corrected chi connectivity index (χ4v) is 1.37. The Hall–Kier alpha value is -1.63. The average molecular weight is 259 g/mol. The number of carboxylic acid groups (broad SMARTS) is 1. The van der Waals surface area contributed by atoms with E-state index in [1.807, 2.05) is 18.7 Å². The van der Waals surface area contributed by atoms with Crippen molar-refractivity contribution in [1.29, 1.82) is 0 Å². The summed E-state index contributed by atoms with van der Waals surface area (Å²) < 4.78 is 0. The lowest BCUT2D eigenvalue weighted by atomic mass is 10.2. The third kappa shape index (κ3) is 7.61. The number of rotatable bonds is 7. The van der Waals surface area contributed by atoms with E-state index in [9.17, 15) is 14.4 Å². The summed E-state index contributed by atoms with van der Waals surface area (Å²) in [7, 11) is 1.43. The number of carbonyl (C=O) groups excluding carboxylic acids is 2. The van der Waals surface area contributed by atoms with Gasteiger partial charge >= 0.3 is 12.0 Å². The SMILES string of the molecule is CNC(=O)NC(=O)CN(CCCC(=O)O)C(C)C. The quantitative estimate of drug-likeness (QED) is 0.598. The van der Waals surface area contributed by atoms with E-state index < -0.39 is 17.9 Å². The molecule has 3 N–H and O–H groups in total. The van der Waals surface area contributed by atoms with Crippen LogP contribution in [0.25, 0.3) is 0 Å². The molecule has 0 heterocycles. The molecule has 7 nitrogen and oxygen atoms in total. The molecule has 0 aliphatic heterocycles. The summed E-state index contributed by atoms with van der Waals surface area (Å²) in [6.45, 7) is 4.40. The molecule has 0 saturated carbocycles. The molecule has 0 spiro atoms. The van der Waals surface area contributed by atoms with E-state index in [0.717, 1.165) is 0 Å². The van der Waals surface area contributed by atoms with Crippen molar-refractivity contribution in [3.05, 3.63) is 0 Å². The molecular formula is C11H21N3O4. The monoisotopic (exact) mass is 259 g/mol. The molecule has 0 aromatic carbocycles. The predicted molar refractivity (Wildman–Crippen MR) is 66.2 cm³/mol. The van der Waals surface area contributed by atoms with Gasteiger partial charge in [0, 0.05) is 19.5 Å². The number of imide groups is 1. The molecule has 0 saturated heterocycles. The molecule has 0 aliphatic rings. The first-order chi connectivity index (χ1) is 8.36. The molecule has 0 aromatic rings. The Kier molecular flexibility index (Phi) is 7.69. The minimum Gasteiger partial charge on any atom is -0.481 e. The van der Waals surface area contributed by atoms with Gasteiger partial charge in [0.05, 0.1) is 6.54 Å². The van der Waals surface area contributed by atoms with E-state index in [-0.39, 0.29) is 19.0 Å². The van der Waals surface area contributed by atoms with Crippen LogP contribution in [0.15, 0.2) is 0 Å². The Morgan fingerprint density at radius 2 is 1.89 bits per heavy atom. The predicted octanol–water partition coefficient (Wildman–Crippen LogP) is 0.0172. The molecule has 7 heteroatoms. The second-order valence-electron chi connectivity index (χ2n) is 4.19. The van der Waals surface area contributed by atoms with Crippen LogP contribution in [-0.2, 0) is 9.59 Å². The van der Waals surface area contributed by atoms with E-state index in [1.165, 1.54) is 7.05 Å². The van der Waals surface area contributed by atoms with Crippen molar-refractivity contribution in [3.63, 3.8) is 0 Å². The fourth-order valence-electron chi connectivity index (χ4n) is 1.37.